The van der Waals surface area contributed by atoms with E-state index in [9.17, 15) is 14.4 Å². The zero-order chi connectivity index (χ0) is 32.3. The summed E-state index contributed by atoms with van der Waals surface area (Å²) in [5.41, 5.74) is 10.2. The van der Waals surface area contributed by atoms with Crippen LogP contribution in [0.5, 0.6) is 0 Å². The normalized spacial score (nSPS) is 18.0. The molecule has 14 heteroatoms. The number of nitrogens with two attached hydrogens (primary N) is 1. The molecule has 4 aromatic rings. The smallest absolute Gasteiger partial charge is 0.410 e. The van der Waals surface area contributed by atoms with E-state index in [1.807, 2.05) is 47.4 Å². The molecule has 4 N–H and O–H groups in total. The van der Waals surface area contributed by atoms with Gasteiger partial charge in [0.15, 0.2) is 6.10 Å². The molecule has 244 valence electrons. The minimum absolute atomic E-state index is 0.00947. The number of aromatic amines is 1. The van der Waals surface area contributed by atoms with Crippen LogP contribution >= 0.6 is 0 Å². The molecule has 5 heterocycles. The minimum Gasteiger partial charge on any atom is -0.436 e. The van der Waals surface area contributed by atoms with Gasteiger partial charge in [-0.15, -0.1) is 0 Å². The van der Waals surface area contributed by atoms with E-state index in [2.05, 4.69) is 30.4 Å². The summed E-state index contributed by atoms with van der Waals surface area (Å²) < 4.78 is 6.02. The summed E-state index contributed by atoms with van der Waals surface area (Å²) in [6.45, 7) is 3.59. The van der Waals surface area contributed by atoms with Crippen LogP contribution in [-0.4, -0.2) is 111 Å². The van der Waals surface area contributed by atoms with Gasteiger partial charge in [-0.2, -0.15) is 5.10 Å². The van der Waals surface area contributed by atoms with Gasteiger partial charge in [-0.1, -0.05) is 24.3 Å². The Labute approximate surface area is 271 Å². The van der Waals surface area contributed by atoms with Crippen LogP contribution in [0.3, 0.4) is 0 Å². The molecule has 47 heavy (non-hydrogen) atoms. The van der Waals surface area contributed by atoms with Gasteiger partial charge in [0, 0.05) is 69.3 Å². The molecule has 1 atom stereocenters. The summed E-state index contributed by atoms with van der Waals surface area (Å²) >= 11 is 0. The van der Waals surface area contributed by atoms with Crippen molar-refractivity contribution in [1.29, 1.82) is 0 Å². The number of nitrogens with zero attached hydrogens (tertiary/aromatic N) is 7. The molecule has 2 saturated heterocycles. The Kier molecular flexibility index (Phi) is 8.46. The van der Waals surface area contributed by atoms with E-state index in [-0.39, 0.29) is 30.3 Å². The van der Waals surface area contributed by atoms with Gasteiger partial charge in [-0.25, -0.2) is 19.6 Å². The van der Waals surface area contributed by atoms with E-state index in [0.717, 1.165) is 39.8 Å². The summed E-state index contributed by atoms with van der Waals surface area (Å²) in [5, 5.41) is 11.0. The van der Waals surface area contributed by atoms with E-state index < -0.39 is 12.2 Å². The summed E-state index contributed by atoms with van der Waals surface area (Å²) in [4.78, 5) is 56.1. The number of ether oxygens (including phenoxy) is 1. The number of para-hydroxylation sites is 1. The number of carbonyl (C=O) groups excluding carboxylic acids is 3. The van der Waals surface area contributed by atoms with E-state index in [1.54, 1.807) is 28.4 Å². The van der Waals surface area contributed by atoms with Gasteiger partial charge in [-0.05, 0) is 48.6 Å². The van der Waals surface area contributed by atoms with E-state index >= 15 is 0 Å². The maximum atomic E-state index is 13.9. The van der Waals surface area contributed by atoms with Crippen molar-refractivity contribution in [2.75, 3.05) is 61.8 Å². The van der Waals surface area contributed by atoms with Crippen LogP contribution in [0, 0.1) is 0 Å². The van der Waals surface area contributed by atoms with Crippen LogP contribution in [0.1, 0.15) is 24.0 Å². The van der Waals surface area contributed by atoms with Crippen molar-refractivity contribution in [1.82, 2.24) is 34.9 Å². The number of urea groups is 1. The third-order valence-corrected chi connectivity index (χ3v) is 9.36. The predicted octanol–water partition coefficient (Wildman–Crippen LogP) is 2.89. The summed E-state index contributed by atoms with van der Waals surface area (Å²) in [7, 11) is 0. The number of aromatic nitrogens is 4. The lowest BCUT2D eigenvalue weighted by molar-refractivity contribution is -0.141. The van der Waals surface area contributed by atoms with E-state index in [1.165, 1.54) is 0 Å². The number of carbonyl (C=O) groups is 3. The predicted molar refractivity (Wildman–Crippen MR) is 176 cm³/mol. The molecule has 1 unspecified atom stereocenters. The Morgan fingerprint density at radius 2 is 1.70 bits per heavy atom. The van der Waals surface area contributed by atoms with Gasteiger partial charge in [0.05, 0.1) is 29.8 Å². The summed E-state index contributed by atoms with van der Waals surface area (Å²) in [6.07, 6.45) is 5.85. The van der Waals surface area contributed by atoms with Gasteiger partial charge in [-0.3, -0.25) is 9.89 Å². The number of rotatable bonds is 6. The van der Waals surface area contributed by atoms with E-state index in [4.69, 9.17) is 10.5 Å². The molecule has 2 aromatic carbocycles. The molecule has 0 aliphatic carbocycles. The monoisotopic (exact) mass is 638 g/mol. The lowest BCUT2D eigenvalue weighted by Crippen LogP contribution is -2.54. The molecule has 2 fully saturated rings. The highest BCUT2D eigenvalue weighted by Crippen LogP contribution is 2.26. The van der Waals surface area contributed by atoms with Gasteiger partial charge < -0.3 is 35.4 Å². The first-order valence-electron chi connectivity index (χ1n) is 16.1. The molecule has 0 radical (unpaired) electrons. The van der Waals surface area contributed by atoms with Crippen LogP contribution in [0.4, 0.5) is 26.9 Å². The molecule has 14 nitrogen and oxygen atoms in total. The van der Waals surface area contributed by atoms with Crippen molar-refractivity contribution in [3.8, 4) is 0 Å². The maximum Gasteiger partial charge on any atom is 0.410 e. The minimum atomic E-state index is -0.995. The largest absolute Gasteiger partial charge is 0.436 e. The van der Waals surface area contributed by atoms with Crippen LogP contribution in [0.2, 0.25) is 0 Å². The second kappa shape index (κ2) is 13.1. The van der Waals surface area contributed by atoms with Gasteiger partial charge in [0.2, 0.25) is 5.95 Å². The second-order valence-corrected chi connectivity index (χ2v) is 12.2. The number of hydrogen-bond acceptors (Lipinski definition) is 9. The molecule has 7 rings (SSSR count). The Balaban J connectivity index is 0.997. The maximum absolute atomic E-state index is 13.9. The molecule has 0 bridgehead atoms. The van der Waals surface area contributed by atoms with E-state index in [0.29, 0.717) is 58.7 Å². The van der Waals surface area contributed by atoms with Crippen molar-refractivity contribution >= 4 is 46.3 Å². The number of anilines is 3. The number of amides is 4. The first-order chi connectivity index (χ1) is 22.9. The Morgan fingerprint density at radius 3 is 2.49 bits per heavy atom. The lowest BCUT2D eigenvalue weighted by Gasteiger charge is -2.39. The van der Waals surface area contributed by atoms with Crippen molar-refractivity contribution in [3.63, 3.8) is 0 Å². The molecule has 3 aliphatic heterocycles. The van der Waals surface area contributed by atoms with Crippen molar-refractivity contribution in [2.45, 2.75) is 37.8 Å². The first-order valence-corrected chi connectivity index (χ1v) is 16.1. The molecular weight excluding hydrogens is 600 g/mol. The standard InChI is InChI=1S/C33H38N10O4/c34-31-35-20-26(21-36-31)40-13-15-41(16-14-40)30(44)29(18-22-5-6-28-24(17-22)19-37-39-28)47-33(46)42-10-8-25(9-11-42)43-12-7-23-3-1-2-4-27(23)38-32(43)45/h1-6,17,19-21,25,29H,7-16,18H2,(H,37,39)(H,38,45)(H2,34,35,36). The average Bonchev–Trinajstić information content (AvgIpc) is 3.50. The molecule has 0 spiro atoms. The molecule has 0 saturated carbocycles. The summed E-state index contributed by atoms with van der Waals surface area (Å²) in [6, 6.07) is 13.6. The zero-order valence-corrected chi connectivity index (χ0v) is 26.0. The number of likely N-dealkylation sites (tertiary alicyclic amines) is 1. The zero-order valence-electron chi connectivity index (χ0n) is 26.0. The number of piperazine rings is 1. The van der Waals surface area contributed by atoms with Crippen LogP contribution in [0.25, 0.3) is 10.9 Å². The van der Waals surface area contributed by atoms with Gasteiger partial charge in [0.1, 0.15) is 0 Å². The number of H-pyrrole nitrogens is 1. The summed E-state index contributed by atoms with van der Waals surface area (Å²) in [5.74, 6) is -0.0157. The Bertz CT molecular complexity index is 1750. The number of nitrogen functional groups attached to an aromatic ring is 1. The Morgan fingerprint density at radius 1 is 0.936 bits per heavy atom. The highest BCUT2D eigenvalue weighted by atomic mass is 16.6. The molecule has 2 aromatic heterocycles. The molecule has 4 amide bonds. The average molecular weight is 639 g/mol. The first kappa shape index (κ1) is 30.3. The third kappa shape index (κ3) is 6.62. The highest BCUT2D eigenvalue weighted by molar-refractivity contribution is 5.91. The lowest BCUT2D eigenvalue weighted by atomic mass is 10.0. The second-order valence-electron chi connectivity index (χ2n) is 12.2. The topological polar surface area (TPSA) is 166 Å². The van der Waals surface area contributed by atoms with Gasteiger partial charge >= 0.3 is 12.1 Å². The van der Waals surface area contributed by atoms with Crippen LogP contribution < -0.4 is 16.0 Å². The number of nitrogens with one attached hydrogen (secondary N) is 2. The van der Waals surface area contributed by atoms with Crippen LogP contribution in [-0.2, 0) is 22.4 Å². The van der Waals surface area contributed by atoms with Crippen LogP contribution in [0.15, 0.2) is 61.1 Å². The fourth-order valence-electron chi connectivity index (χ4n) is 6.69. The van der Waals surface area contributed by atoms with Gasteiger partial charge in [0.25, 0.3) is 5.91 Å². The fourth-order valence-corrected chi connectivity index (χ4v) is 6.69. The van der Waals surface area contributed by atoms with Crippen molar-refractivity contribution in [3.05, 3.63) is 72.2 Å². The van der Waals surface area contributed by atoms with Crippen molar-refractivity contribution < 1.29 is 19.1 Å². The number of fused-ring (bicyclic) bond motifs is 2. The number of piperidine rings is 1. The highest BCUT2D eigenvalue weighted by Gasteiger charge is 2.35. The third-order valence-electron chi connectivity index (χ3n) is 9.36. The molecular formula is C33H38N10O4. The Hall–Kier alpha value is -5.40. The van der Waals surface area contributed by atoms with Crippen molar-refractivity contribution in [2.24, 2.45) is 0 Å². The number of hydrogen-bond donors (Lipinski definition) is 3. The number of benzene rings is 2. The SMILES string of the molecule is Nc1ncc(N2CCN(C(=O)C(Cc3ccc4[nH]ncc4c3)OC(=O)N3CCC(N4CCc5ccccc5NC4=O)CC3)CC2)cn1. The molecule has 3 aliphatic rings. The quantitative estimate of drug-likeness (QED) is 0.288. The fraction of sp³-hybridized carbons (Fsp3) is 0.394.